The molecule has 0 atom stereocenters. The summed E-state index contributed by atoms with van der Waals surface area (Å²) in [6.07, 6.45) is 3.02. The molecule has 0 radical (unpaired) electrons. The Balaban J connectivity index is 0.00000128. The average Bonchev–Trinajstić information content (AvgIpc) is 2.17. The summed E-state index contributed by atoms with van der Waals surface area (Å²) in [5.41, 5.74) is 2.85. The van der Waals surface area contributed by atoms with Crippen molar-refractivity contribution in [1.29, 1.82) is 0 Å². The number of nitrogens with one attached hydrogen (secondary N) is 1. The van der Waals surface area contributed by atoms with Gasteiger partial charge in [-0.25, -0.2) is 9.32 Å². The van der Waals surface area contributed by atoms with Crippen molar-refractivity contribution in [2.45, 2.75) is 0 Å². The monoisotopic (exact) mass is 280 g/mol. The van der Waals surface area contributed by atoms with E-state index in [-0.39, 0.29) is 18.0 Å². The predicted molar refractivity (Wildman–Crippen MR) is 64.7 cm³/mol. The van der Waals surface area contributed by atoms with Crippen molar-refractivity contribution in [2.24, 2.45) is 0 Å². The van der Waals surface area contributed by atoms with Crippen LogP contribution in [0.3, 0.4) is 0 Å². The Kier molecular flexibility index (Phi) is 3.91. The van der Waals surface area contributed by atoms with Gasteiger partial charge in [-0.05, 0) is 12.1 Å². The lowest BCUT2D eigenvalue weighted by molar-refractivity contribution is 0.0695. The second-order valence-electron chi connectivity index (χ2n) is 2.94. The van der Waals surface area contributed by atoms with Gasteiger partial charge >= 0.3 is 5.97 Å². The Morgan fingerprint density at radius 3 is 2.69 bits per heavy atom. The van der Waals surface area contributed by atoms with Gasteiger partial charge < -0.3 is 5.11 Å². The van der Waals surface area contributed by atoms with Gasteiger partial charge in [-0.1, -0.05) is 11.6 Å². The van der Waals surface area contributed by atoms with Crippen LogP contribution >= 0.6 is 35.8 Å². The van der Waals surface area contributed by atoms with Gasteiger partial charge in [0.2, 0.25) is 0 Å². The van der Waals surface area contributed by atoms with Crippen molar-refractivity contribution < 1.29 is 9.90 Å². The third-order valence-corrected chi connectivity index (χ3v) is 2.56. The Morgan fingerprint density at radius 1 is 1.38 bits per heavy atom. The van der Waals surface area contributed by atoms with Crippen LogP contribution in [0, 0.1) is 0 Å². The molecule has 86 valence electrons. The number of rotatable bonds is 1. The van der Waals surface area contributed by atoms with E-state index in [2.05, 4.69) is 5.43 Å². The fourth-order valence-corrected chi connectivity index (χ4v) is 1.72. The van der Waals surface area contributed by atoms with Crippen molar-refractivity contribution in [3.63, 3.8) is 0 Å². The van der Waals surface area contributed by atoms with Gasteiger partial charge in [-0.2, -0.15) is 0 Å². The minimum absolute atomic E-state index is 0. The number of carboxylic acids is 1. The molecule has 0 unspecified atom stereocenters. The Morgan fingerprint density at radius 2 is 2.06 bits per heavy atom. The molecule has 4 nitrogen and oxygen atoms in total. The maximum absolute atomic E-state index is 10.9. The SMILES string of the molecule is Cl.O=C(O)c1ccc(Cl)c2c1=CN(Cl)NC=2. The highest BCUT2D eigenvalue weighted by Gasteiger charge is 2.11. The maximum atomic E-state index is 10.9. The van der Waals surface area contributed by atoms with Gasteiger partial charge in [0, 0.05) is 34.6 Å². The standard InChI is InChI=1S/C9H6Cl2N2O2.ClH/c10-8-2-1-5(9(14)15)7-4-13(11)12-3-6(7)8;/h1-4,12H,(H,14,15);1H. The molecule has 0 fully saturated rings. The first-order valence-corrected chi connectivity index (χ1v) is 4.76. The number of aromatic carboxylic acids is 1. The number of fused-ring (bicyclic) bond motifs is 1. The lowest BCUT2D eigenvalue weighted by atomic mass is 10.1. The second kappa shape index (κ2) is 4.82. The number of hydrazine groups is 1. The van der Waals surface area contributed by atoms with Crippen LogP contribution < -0.4 is 15.9 Å². The van der Waals surface area contributed by atoms with E-state index in [4.69, 9.17) is 28.5 Å². The molecule has 0 saturated heterocycles. The molecule has 1 heterocycles. The van der Waals surface area contributed by atoms with Crippen LogP contribution in [0.15, 0.2) is 12.1 Å². The number of carbonyl (C=O) groups is 1. The number of hydrogen-bond donors (Lipinski definition) is 2. The van der Waals surface area contributed by atoms with E-state index < -0.39 is 5.97 Å². The van der Waals surface area contributed by atoms with Crippen LogP contribution in [0.25, 0.3) is 12.4 Å². The maximum Gasteiger partial charge on any atom is 0.336 e. The number of benzene rings is 1. The molecule has 2 rings (SSSR count). The first kappa shape index (κ1) is 13.0. The van der Waals surface area contributed by atoms with Gasteiger partial charge in [-0.3, -0.25) is 5.43 Å². The summed E-state index contributed by atoms with van der Waals surface area (Å²) in [5, 5.41) is 10.5. The number of hydrogen-bond acceptors (Lipinski definition) is 3. The molecule has 0 bridgehead atoms. The highest BCUT2D eigenvalue weighted by Crippen LogP contribution is 2.03. The first-order chi connectivity index (χ1) is 7.09. The van der Waals surface area contributed by atoms with Crippen LogP contribution in [0.2, 0.25) is 5.02 Å². The van der Waals surface area contributed by atoms with Crippen LogP contribution in [0.4, 0.5) is 0 Å². The highest BCUT2D eigenvalue weighted by atomic mass is 35.5. The zero-order valence-electron chi connectivity index (χ0n) is 7.78. The van der Waals surface area contributed by atoms with E-state index in [1.165, 1.54) is 12.3 Å². The Hall–Kier alpha value is -1.10. The minimum Gasteiger partial charge on any atom is -0.478 e. The van der Waals surface area contributed by atoms with Crippen LogP contribution in [0.5, 0.6) is 0 Å². The van der Waals surface area contributed by atoms with Crippen LogP contribution in [-0.2, 0) is 0 Å². The van der Waals surface area contributed by atoms with Crippen molar-refractivity contribution in [2.75, 3.05) is 0 Å². The second-order valence-corrected chi connectivity index (χ2v) is 3.71. The predicted octanol–water partition coefficient (Wildman–Crippen LogP) is 0.910. The van der Waals surface area contributed by atoms with E-state index in [0.717, 1.165) is 4.53 Å². The molecule has 1 aromatic rings. The third kappa shape index (κ3) is 2.19. The van der Waals surface area contributed by atoms with Gasteiger partial charge in [0.05, 0.1) is 10.6 Å². The molecule has 2 N–H and O–H groups in total. The molecule has 1 aliphatic heterocycles. The average molecular weight is 282 g/mol. The van der Waals surface area contributed by atoms with Crippen LogP contribution in [-0.4, -0.2) is 15.6 Å². The topological polar surface area (TPSA) is 52.6 Å². The smallest absolute Gasteiger partial charge is 0.336 e. The Bertz CT molecular complexity index is 544. The number of halogens is 3. The summed E-state index contributed by atoms with van der Waals surface area (Å²) in [5.74, 6) is -1.01. The molecule has 0 aromatic heterocycles. The molecule has 1 aliphatic rings. The molecule has 1 aromatic carbocycles. The molecular formula is C9H7Cl3N2O2. The van der Waals surface area contributed by atoms with Gasteiger partial charge in [0.15, 0.2) is 0 Å². The summed E-state index contributed by atoms with van der Waals surface area (Å²) >= 11 is 11.6. The first-order valence-electron chi connectivity index (χ1n) is 4.04. The number of carboxylic acid groups (broad SMARTS) is 1. The van der Waals surface area contributed by atoms with E-state index in [1.807, 2.05) is 0 Å². The summed E-state index contributed by atoms with van der Waals surface area (Å²) in [6, 6.07) is 2.99. The van der Waals surface area contributed by atoms with E-state index in [0.29, 0.717) is 15.5 Å². The van der Waals surface area contributed by atoms with E-state index >= 15 is 0 Å². The lowest BCUT2D eigenvalue weighted by Crippen LogP contribution is -2.41. The summed E-state index contributed by atoms with van der Waals surface area (Å²) in [7, 11) is 0. The highest BCUT2D eigenvalue weighted by molar-refractivity contribution is 6.30. The van der Waals surface area contributed by atoms with E-state index in [1.54, 1.807) is 12.3 Å². The fourth-order valence-electron chi connectivity index (χ4n) is 1.36. The Labute approximate surface area is 107 Å². The third-order valence-electron chi connectivity index (χ3n) is 2.04. The quantitative estimate of drug-likeness (QED) is 0.751. The summed E-state index contributed by atoms with van der Waals surface area (Å²) in [4.78, 5) is 10.9. The van der Waals surface area contributed by atoms with E-state index in [9.17, 15) is 4.79 Å². The van der Waals surface area contributed by atoms with Gasteiger partial charge in [0.25, 0.3) is 0 Å². The van der Waals surface area contributed by atoms with Gasteiger partial charge in [-0.15, -0.1) is 12.4 Å². The summed E-state index contributed by atoms with van der Waals surface area (Å²) < 4.78 is 1.14. The zero-order valence-corrected chi connectivity index (χ0v) is 10.1. The molecular weight excluding hydrogens is 274 g/mol. The van der Waals surface area contributed by atoms with Crippen molar-refractivity contribution in [3.05, 3.63) is 33.2 Å². The molecule has 0 aliphatic carbocycles. The molecule has 0 amide bonds. The normalized spacial score (nSPS) is 12.5. The number of nitrogens with zero attached hydrogens (tertiary/aromatic N) is 1. The molecule has 16 heavy (non-hydrogen) atoms. The van der Waals surface area contributed by atoms with Crippen molar-refractivity contribution >= 4 is 54.2 Å². The van der Waals surface area contributed by atoms with Gasteiger partial charge in [0.1, 0.15) is 0 Å². The largest absolute Gasteiger partial charge is 0.478 e. The fraction of sp³-hybridized carbons (Fsp3) is 0. The lowest BCUT2D eigenvalue weighted by Gasteiger charge is -2.14. The molecule has 0 saturated carbocycles. The van der Waals surface area contributed by atoms with Crippen molar-refractivity contribution in [1.82, 2.24) is 9.95 Å². The summed E-state index contributed by atoms with van der Waals surface area (Å²) in [6.45, 7) is 0. The molecule has 0 spiro atoms. The van der Waals surface area contributed by atoms with Crippen LogP contribution in [0.1, 0.15) is 10.4 Å². The minimum atomic E-state index is -1.01. The zero-order chi connectivity index (χ0) is 11.0. The van der Waals surface area contributed by atoms with Crippen molar-refractivity contribution in [3.8, 4) is 0 Å². The molecule has 7 heteroatoms.